The van der Waals surface area contributed by atoms with Crippen molar-refractivity contribution in [1.82, 2.24) is 0 Å². The van der Waals surface area contributed by atoms with E-state index in [-0.39, 0.29) is 0 Å². The molecule has 1 fully saturated rings. The Morgan fingerprint density at radius 1 is 0.885 bits per heavy atom. The lowest BCUT2D eigenvalue weighted by Gasteiger charge is -2.33. The van der Waals surface area contributed by atoms with Crippen LogP contribution in [0.4, 0.5) is 30.7 Å². The standard InChI is InChI=1S/C17H19F7O2/c1-2-11-3-5-12(6-4-11)15(18,19)25-14-9-7-13(8-10-14)16(20,21)26-17(22,23)24/h7-12H,2-6H2,1H3. The predicted molar refractivity (Wildman–Crippen MR) is 78.8 cm³/mol. The van der Waals surface area contributed by atoms with Crippen LogP contribution in [0.3, 0.4) is 0 Å². The molecule has 0 spiro atoms. The van der Waals surface area contributed by atoms with E-state index in [1.165, 1.54) is 0 Å². The highest BCUT2D eigenvalue weighted by atomic mass is 19.4. The van der Waals surface area contributed by atoms with E-state index in [1.54, 1.807) is 0 Å². The molecule has 1 aromatic carbocycles. The van der Waals surface area contributed by atoms with Gasteiger partial charge in [-0.1, -0.05) is 13.3 Å². The highest BCUT2D eigenvalue weighted by Gasteiger charge is 2.47. The van der Waals surface area contributed by atoms with Gasteiger partial charge in [0.25, 0.3) is 0 Å². The van der Waals surface area contributed by atoms with Crippen molar-refractivity contribution >= 4 is 0 Å². The molecule has 0 unspecified atom stereocenters. The summed E-state index contributed by atoms with van der Waals surface area (Å²) in [5.41, 5.74) is -1.12. The molecule has 0 amide bonds. The monoisotopic (exact) mass is 388 g/mol. The maximum absolute atomic E-state index is 14.2. The first-order valence-corrected chi connectivity index (χ1v) is 8.25. The molecule has 1 aliphatic carbocycles. The summed E-state index contributed by atoms with van der Waals surface area (Å²) in [4.78, 5) is 0. The first-order valence-electron chi connectivity index (χ1n) is 8.25. The second kappa shape index (κ2) is 7.62. The van der Waals surface area contributed by atoms with Crippen LogP contribution in [0, 0.1) is 11.8 Å². The Balaban J connectivity index is 2.02. The zero-order valence-corrected chi connectivity index (χ0v) is 14.0. The second-order valence-corrected chi connectivity index (χ2v) is 6.38. The van der Waals surface area contributed by atoms with Crippen molar-refractivity contribution in [2.45, 2.75) is 57.6 Å². The Morgan fingerprint density at radius 2 is 1.42 bits per heavy atom. The Bertz CT molecular complexity index is 576. The van der Waals surface area contributed by atoms with Crippen molar-refractivity contribution in [2.75, 3.05) is 0 Å². The third-order valence-corrected chi connectivity index (χ3v) is 4.59. The molecule has 1 saturated carbocycles. The van der Waals surface area contributed by atoms with Gasteiger partial charge in [0.05, 0.1) is 11.5 Å². The van der Waals surface area contributed by atoms with Gasteiger partial charge >= 0.3 is 18.6 Å². The molecule has 148 valence electrons. The molecule has 1 aliphatic rings. The fourth-order valence-electron chi connectivity index (χ4n) is 3.07. The van der Waals surface area contributed by atoms with Gasteiger partial charge in [0, 0.05) is 0 Å². The molecular formula is C17H19F7O2. The van der Waals surface area contributed by atoms with E-state index >= 15 is 0 Å². The minimum atomic E-state index is -5.54. The Morgan fingerprint density at radius 3 is 1.88 bits per heavy atom. The largest absolute Gasteiger partial charge is 0.527 e. The van der Waals surface area contributed by atoms with Crippen LogP contribution >= 0.6 is 0 Å². The zero-order chi connectivity index (χ0) is 19.6. The van der Waals surface area contributed by atoms with Crippen LogP contribution in [0.1, 0.15) is 44.6 Å². The average molecular weight is 388 g/mol. The lowest BCUT2D eigenvalue weighted by Crippen LogP contribution is -2.37. The number of hydrogen-bond donors (Lipinski definition) is 0. The van der Waals surface area contributed by atoms with Crippen molar-refractivity contribution in [3.05, 3.63) is 29.8 Å². The molecule has 0 aliphatic heterocycles. The smallest absolute Gasteiger partial charge is 0.432 e. The molecule has 0 aromatic heterocycles. The number of hydrogen-bond acceptors (Lipinski definition) is 2. The van der Waals surface area contributed by atoms with E-state index in [0.717, 1.165) is 18.6 Å². The van der Waals surface area contributed by atoms with Crippen LogP contribution in [0.5, 0.6) is 5.75 Å². The van der Waals surface area contributed by atoms with Crippen molar-refractivity contribution in [1.29, 1.82) is 0 Å². The molecule has 1 aromatic rings. The summed E-state index contributed by atoms with van der Waals surface area (Å²) in [5.74, 6) is -0.976. The van der Waals surface area contributed by atoms with E-state index in [4.69, 9.17) is 0 Å². The third kappa shape index (κ3) is 5.49. The van der Waals surface area contributed by atoms with Crippen molar-refractivity contribution in [3.8, 4) is 5.75 Å². The van der Waals surface area contributed by atoms with Gasteiger partial charge < -0.3 is 4.74 Å². The third-order valence-electron chi connectivity index (χ3n) is 4.59. The summed E-state index contributed by atoms with van der Waals surface area (Å²) in [7, 11) is 0. The summed E-state index contributed by atoms with van der Waals surface area (Å²) in [6, 6.07) is 2.67. The number of benzene rings is 1. The zero-order valence-electron chi connectivity index (χ0n) is 14.0. The molecule has 0 N–H and O–H groups in total. The van der Waals surface area contributed by atoms with Gasteiger partial charge in [-0.25, -0.2) is 4.74 Å². The van der Waals surface area contributed by atoms with E-state index in [0.29, 0.717) is 43.7 Å². The number of halogens is 7. The van der Waals surface area contributed by atoms with Crippen LogP contribution in [-0.2, 0) is 10.8 Å². The fraction of sp³-hybridized carbons (Fsp3) is 0.647. The van der Waals surface area contributed by atoms with Gasteiger partial charge in [-0.15, -0.1) is 13.2 Å². The summed E-state index contributed by atoms with van der Waals surface area (Å²) in [6.07, 6.45) is -10.8. The van der Waals surface area contributed by atoms with Crippen LogP contribution in [0.15, 0.2) is 24.3 Å². The number of alkyl halides is 7. The molecule has 0 atom stereocenters. The normalized spacial score (nSPS) is 22.3. The quantitative estimate of drug-likeness (QED) is 0.521. The summed E-state index contributed by atoms with van der Waals surface area (Å²) in [5, 5.41) is 0. The van der Waals surface area contributed by atoms with Crippen LogP contribution in [0.25, 0.3) is 0 Å². The Hall–Kier alpha value is -1.51. The lowest BCUT2D eigenvalue weighted by atomic mass is 9.80. The predicted octanol–water partition coefficient (Wildman–Crippen LogP) is 6.46. The summed E-state index contributed by atoms with van der Waals surface area (Å²) < 4.78 is 98.5. The van der Waals surface area contributed by atoms with Crippen molar-refractivity contribution < 1.29 is 40.2 Å². The van der Waals surface area contributed by atoms with Gasteiger partial charge in [0.15, 0.2) is 0 Å². The molecule has 9 heteroatoms. The topological polar surface area (TPSA) is 18.5 Å². The minimum Gasteiger partial charge on any atom is -0.432 e. The molecule has 2 nitrogen and oxygen atoms in total. The Labute approximate surface area is 146 Å². The molecule has 26 heavy (non-hydrogen) atoms. The number of ether oxygens (including phenoxy) is 2. The number of rotatable bonds is 6. The molecule has 0 saturated heterocycles. The first kappa shape index (κ1) is 20.8. The minimum absolute atomic E-state index is 0.293. The van der Waals surface area contributed by atoms with Crippen molar-refractivity contribution in [3.63, 3.8) is 0 Å². The maximum Gasteiger partial charge on any atom is 0.527 e. The van der Waals surface area contributed by atoms with E-state index in [2.05, 4.69) is 9.47 Å². The maximum atomic E-state index is 14.2. The van der Waals surface area contributed by atoms with E-state index in [9.17, 15) is 30.7 Å². The SMILES string of the molecule is CCC1CCC(C(F)(F)Oc2ccc(C(F)(F)OC(F)(F)F)cc2)CC1. The molecule has 0 bridgehead atoms. The van der Waals surface area contributed by atoms with Gasteiger partial charge in [-0.05, 0) is 55.9 Å². The highest BCUT2D eigenvalue weighted by Crippen LogP contribution is 2.41. The Kier molecular flexibility index (Phi) is 6.09. The van der Waals surface area contributed by atoms with Gasteiger partial charge in [-0.3, -0.25) is 0 Å². The first-order chi connectivity index (χ1) is 11.9. The highest BCUT2D eigenvalue weighted by molar-refractivity contribution is 5.29. The van der Waals surface area contributed by atoms with E-state index < -0.39 is 35.8 Å². The average Bonchev–Trinajstić information content (AvgIpc) is 2.53. The van der Waals surface area contributed by atoms with Crippen LogP contribution in [0.2, 0.25) is 0 Å². The van der Waals surface area contributed by atoms with Gasteiger partial charge in [0.1, 0.15) is 5.75 Å². The van der Waals surface area contributed by atoms with Crippen molar-refractivity contribution in [2.24, 2.45) is 11.8 Å². The van der Waals surface area contributed by atoms with E-state index in [1.807, 2.05) is 6.92 Å². The molecule has 2 rings (SSSR count). The van der Waals surface area contributed by atoms with Gasteiger partial charge in [0.2, 0.25) is 0 Å². The summed E-state index contributed by atoms with van der Waals surface area (Å²) >= 11 is 0. The summed E-state index contributed by atoms with van der Waals surface area (Å²) in [6.45, 7) is 2.00. The molecule has 0 heterocycles. The van der Waals surface area contributed by atoms with Crippen LogP contribution in [-0.4, -0.2) is 12.5 Å². The van der Waals surface area contributed by atoms with Gasteiger partial charge in [-0.2, -0.15) is 17.6 Å². The van der Waals surface area contributed by atoms with Crippen LogP contribution < -0.4 is 4.74 Å². The molecule has 0 radical (unpaired) electrons. The fourth-order valence-corrected chi connectivity index (χ4v) is 3.07. The second-order valence-electron chi connectivity index (χ2n) is 6.38. The lowest BCUT2D eigenvalue weighted by molar-refractivity contribution is -0.431. The molecular weight excluding hydrogens is 369 g/mol.